The highest BCUT2D eigenvalue weighted by molar-refractivity contribution is 9.10. The van der Waals surface area contributed by atoms with Gasteiger partial charge in [0.2, 0.25) is 0 Å². The van der Waals surface area contributed by atoms with Gasteiger partial charge < -0.3 is 9.47 Å². The van der Waals surface area contributed by atoms with E-state index in [1.165, 1.54) is 7.11 Å². The van der Waals surface area contributed by atoms with E-state index in [1.54, 1.807) is 48.5 Å². The molecular formula is C21H18BrNO5S. The molecule has 0 saturated carbocycles. The zero-order valence-corrected chi connectivity index (χ0v) is 18.2. The van der Waals surface area contributed by atoms with Crippen molar-refractivity contribution < 1.29 is 23.9 Å². The lowest BCUT2D eigenvalue weighted by molar-refractivity contribution is -0.122. The number of thioether (sulfide) groups is 1. The van der Waals surface area contributed by atoms with Crippen LogP contribution in [0.4, 0.5) is 4.79 Å². The summed E-state index contributed by atoms with van der Waals surface area (Å²) < 4.78 is 11.8. The minimum atomic E-state index is -0.504. The summed E-state index contributed by atoms with van der Waals surface area (Å²) in [5.41, 5.74) is 1.05. The summed E-state index contributed by atoms with van der Waals surface area (Å²) in [4.78, 5) is 38.8. The quantitative estimate of drug-likeness (QED) is 0.423. The topological polar surface area (TPSA) is 72.9 Å². The van der Waals surface area contributed by atoms with E-state index in [2.05, 4.69) is 15.9 Å². The minimum Gasteiger partial charge on any atom is -0.493 e. The van der Waals surface area contributed by atoms with Crippen LogP contribution >= 0.6 is 27.7 Å². The summed E-state index contributed by atoms with van der Waals surface area (Å²) in [5, 5.41) is -0.479. The Bertz CT molecular complexity index is 987. The summed E-state index contributed by atoms with van der Waals surface area (Å²) >= 11 is 4.11. The first-order valence-corrected chi connectivity index (χ1v) is 10.4. The first kappa shape index (κ1) is 21.1. The molecule has 0 atom stereocenters. The maximum atomic E-state index is 12.7. The highest BCUT2D eigenvalue weighted by Crippen LogP contribution is 2.37. The van der Waals surface area contributed by atoms with Crippen LogP contribution in [0, 0.1) is 0 Å². The predicted octanol–water partition coefficient (Wildman–Crippen LogP) is 4.78. The van der Waals surface area contributed by atoms with Gasteiger partial charge in [0.05, 0.1) is 25.2 Å². The Morgan fingerprint density at radius 3 is 2.55 bits per heavy atom. The number of para-hydroxylation sites is 1. The maximum absolute atomic E-state index is 12.7. The van der Waals surface area contributed by atoms with Crippen molar-refractivity contribution in [1.82, 2.24) is 4.90 Å². The fourth-order valence-electron chi connectivity index (χ4n) is 2.75. The molecule has 1 fully saturated rings. The van der Waals surface area contributed by atoms with E-state index in [4.69, 9.17) is 9.47 Å². The molecular weight excluding hydrogens is 458 g/mol. The van der Waals surface area contributed by atoms with Crippen molar-refractivity contribution in [3.63, 3.8) is 0 Å². The number of methoxy groups -OCH3 is 1. The fraction of sp³-hybridized carbons (Fsp3) is 0.190. The molecule has 150 valence electrons. The van der Waals surface area contributed by atoms with E-state index in [1.807, 2.05) is 6.92 Å². The number of amides is 2. The summed E-state index contributed by atoms with van der Waals surface area (Å²) in [6, 6.07) is 12.1. The second-order valence-electron chi connectivity index (χ2n) is 6.01. The molecule has 1 heterocycles. The molecule has 0 radical (unpaired) electrons. The van der Waals surface area contributed by atoms with E-state index in [9.17, 15) is 14.4 Å². The van der Waals surface area contributed by atoms with Crippen molar-refractivity contribution in [2.75, 3.05) is 20.3 Å². The number of ether oxygens (including phenoxy) is 2. The van der Waals surface area contributed by atoms with Crippen LogP contribution < -0.4 is 9.47 Å². The van der Waals surface area contributed by atoms with Gasteiger partial charge in [-0.1, -0.05) is 40.2 Å². The minimum absolute atomic E-state index is 0.229. The van der Waals surface area contributed by atoms with E-state index in [0.29, 0.717) is 29.2 Å². The van der Waals surface area contributed by atoms with Crippen molar-refractivity contribution in [3.8, 4) is 11.5 Å². The highest BCUT2D eigenvalue weighted by atomic mass is 79.9. The van der Waals surface area contributed by atoms with Gasteiger partial charge >= 0.3 is 0 Å². The van der Waals surface area contributed by atoms with E-state index >= 15 is 0 Å². The number of ketones is 1. The van der Waals surface area contributed by atoms with Gasteiger partial charge in [-0.3, -0.25) is 19.3 Å². The number of imide groups is 1. The number of halogens is 1. The van der Waals surface area contributed by atoms with Crippen molar-refractivity contribution in [2.45, 2.75) is 6.92 Å². The number of hydrogen-bond acceptors (Lipinski definition) is 6. The van der Waals surface area contributed by atoms with Crippen LogP contribution in [0.5, 0.6) is 11.5 Å². The summed E-state index contributed by atoms with van der Waals surface area (Å²) in [6.45, 7) is 1.96. The third kappa shape index (κ3) is 4.71. The molecule has 2 amide bonds. The van der Waals surface area contributed by atoms with Crippen molar-refractivity contribution in [2.24, 2.45) is 0 Å². The Morgan fingerprint density at radius 2 is 1.90 bits per heavy atom. The molecule has 0 N–H and O–H groups in total. The summed E-state index contributed by atoms with van der Waals surface area (Å²) in [6.07, 6.45) is 1.59. The van der Waals surface area contributed by atoms with Crippen LogP contribution in [0.3, 0.4) is 0 Å². The number of Topliss-reactive ketones (excluding diaryl/α,β-unsaturated/α-hetero) is 1. The number of hydrogen-bond donors (Lipinski definition) is 0. The SMILES string of the molecule is CCOc1c(/C=C2/SC(=O)N(CC(=O)c3ccc(Br)cc3)C2=O)cccc1OC. The van der Waals surface area contributed by atoms with Crippen molar-refractivity contribution in [3.05, 3.63) is 63.0 Å². The highest BCUT2D eigenvalue weighted by Gasteiger charge is 2.36. The molecule has 3 rings (SSSR count). The molecule has 0 bridgehead atoms. The van der Waals surface area contributed by atoms with Gasteiger partial charge in [0.25, 0.3) is 11.1 Å². The molecule has 29 heavy (non-hydrogen) atoms. The van der Waals surface area contributed by atoms with Gasteiger partial charge in [0, 0.05) is 15.6 Å². The molecule has 6 nitrogen and oxygen atoms in total. The van der Waals surface area contributed by atoms with Crippen LogP contribution in [0.15, 0.2) is 51.8 Å². The number of rotatable bonds is 7. The van der Waals surface area contributed by atoms with Gasteiger partial charge in [-0.25, -0.2) is 0 Å². The first-order chi connectivity index (χ1) is 13.9. The average Bonchev–Trinajstić information content (AvgIpc) is 2.97. The molecule has 0 unspecified atom stereocenters. The lowest BCUT2D eigenvalue weighted by Gasteiger charge is -2.12. The molecule has 1 saturated heterocycles. The Hall–Kier alpha value is -2.58. The van der Waals surface area contributed by atoms with Crippen molar-refractivity contribution >= 4 is 50.7 Å². The molecule has 8 heteroatoms. The zero-order chi connectivity index (χ0) is 21.0. The van der Waals surface area contributed by atoms with Crippen LogP contribution in [-0.2, 0) is 4.79 Å². The Morgan fingerprint density at radius 1 is 1.17 bits per heavy atom. The Kier molecular flexibility index (Phi) is 6.76. The molecule has 1 aliphatic rings. The third-order valence-electron chi connectivity index (χ3n) is 4.15. The van der Waals surface area contributed by atoms with Crippen LogP contribution in [0.25, 0.3) is 6.08 Å². The van der Waals surface area contributed by atoms with Crippen LogP contribution in [0.2, 0.25) is 0 Å². The molecule has 0 aromatic heterocycles. The number of carbonyl (C=O) groups excluding carboxylic acids is 3. The molecule has 2 aromatic carbocycles. The van der Waals surface area contributed by atoms with Gasteiger partial charge in [-0.05, 0) is 43.0 Å². The molecule has 0 aliphatic carbocycles. The lowest BCUT2D eigenvalue weighted by Crippen LogP contribution is -2.33. The standard InChI is InChI=1S/C21H18BrNO5S/c1-3-28-19-14(5-4-6-17(19)27-2)11-18-20(25)23(21(26)29-18)12-16(24)13-7-9-15(22)10-8-13/h4-11H,3,12H2,1-2H3/b18-11+. The number of carbonyl (C=O) groups is 3. The van der Waals surface area contributed by atoms with Crippen LogP contribution in [0.1, 0.15) is 22.8 Å². The van der Waals surface area contributed by atoms with Crippen LogP contribution in [-0.4, -0.2) is 42.1 Å². The Balaban J connectivity index is 1.83. The normalized spacial score (nSPS) is 15.1. The average molecular weight is 476 g/mol. The van der Waals surface area contributed by atoms with E-state index < -0.39 is 11.1 Å². The monoisotopic (exact) mass is 475 g/mol. The van der Waals surface area contributed by atoms with Gasteiger partial charge in [0.15, 0.2) is 17.3 Å². The second-order valence-corrected chi connectivity index (χ2v) is 7.92. The largest absolute Gasteiger partial charge is 0.493 e. The summed E-state index contributed by atoms with van der Waals surface area (Å²) in [5.74, 6) is 0.216. The predicted molar refractivity (Wildman–Crippen MR) is 115 cm³/mol. The number of benzene rings is 2. The second kappa shape index (κ2) is 9.28. The fourth-order valence-corrected chi connectivity index (χ4v) is 3.85. The third-order valence-corrected chi connectivity index (χ3v) is 5.58. The summed E-state index contributed by atoms with van der Waals surface area (Å²) in [7, 11) is 1.53. The molecule has 0 spiro atoms. The first-order valence-electron chi connectivity index (χ1n) is 8.78. The zero-order valence-electron chi connectivity index (χ0n) is 15.8. The Labute approximate surface area is 181 Å². The van der Waals surface area contributed by atoms with Gasteiger partial charge in [0.1, 0.15) is 0 Å². The van der Waals surface area contributed by atoms with Crippen molar-refractivity contribution in [1.29, 1.82) is 0 Å². The maximum Gasteiger partial charge on any atom is 0.293 e. The smallest absolute Gasteiger partial charge is 0.293 e. The van der Waals surface area contributed by atoms with E-state index in [-0.39, 0.29) is 17.2 Å². The number of nitrogens with zero attached hydrogens (tertiary/aromatic N) is 1. The lowest BCUT2D eigenvalue weighted by atomic mass is 10.1. The molecule has 2 aromatic rings. The van der Waals surface area contributed by atoms with E-state index in [0.717, 1.165) is 21.1 Å². The van der Waals surface area contributed by atoms with Gasteiger partial charge in [-0.2, -0.15) is 0 Å². The van der Waals surface area contributed by atoms with Gasteiger partial charge in [-0.15, -0.1) is 0 Å². The molecule has 1 aliphatic heterocycles.